The molecule has 9 aromatic rings. The first-order valence-electron chi connectivity index (χ1n) is 15.1. The van der Waals surface area contributed by atoms with E-state index < -0.39 is 0 Å². The summed E-state index contributed by atoms with van der Waals surface area (Å²) in [5.41, 5.74) is 8.46. The number of benzene rings is 6. The van der Waals surface area contributed by atoms with Crippen LogP contribution in [-0.4, -0.2) is 19.9 Å². The summed E-state index contributed by atoms with van der Waals surface area (Å²) in [7, 11) is 0. The topological polar surface area (TPSA) is 64.7 Å². The number of rotatable bonds is 5. The maximum absolute atomic E-state index is 6.84. The van der Waals surface area contributed by atoms with E-state index in [1.165, 1.54) is 0 Å². The third-order valence-electron chi connectivity index (χ3n) is 8.19. The maximum Gasteiger partial charge on any atom is 0.167 e. The Morgan fingerprint density at radius 1 is 0.391 bits per heavy atom. The first-order valence-corrected chi connectivity index (χ1v) is 15.9. The van der Waals surface area contributed by atoms with E-state index in [0.717, 1.165) is 70.5 Å². The summed E-state index contributed by atoms with van der Waals surface area (Å²) < 4.78 is 7.97. The summed E-state index contributed by atoms with van der Waals surface area (Å²) in [6.45, 7) is 0. The molecule has 6 heteroatoms. The molecule has 0 atom stereocenters. The van der Waals surface area contributed by atoms with Crippen molar-refractivity contribution in [2.24, 2.45) is 0 Å². The number of hydrogen-bond donors (Lipinski definition) is 0. The number of aromatic nitrogens is 4. The maximum atomic E-state index is 6.84. The molecule has 3 aromatic heterocycles. The fourth-order valence-electron chi connectivity index (χ4n) is 6.00. The van der Waals surface area contributed by atoms with Gasteiger partial charge in [-0.15, -0.1) is 11.3 Å². The number of para-hydroxylation sites is 2. The van der Waals surface area contributed by atoms with Gasteiger partial charge in [0.2, 0.25) is 0 Å². The zero-order chi connectivity index (χ0) is 30.5. The van der Waals surface area contributed by atoms with Crippen molar-refractivity contribution in [2.45, 2.75) is 0 Å². The largest absolute Gasteiger partial charge is 0.455 e. The van der Waals surface area contributed by atoms with Crippen LogP contribution in [0.15, 0.2) is 150 Å². The van der Waals surface area contributed by atoms with Gasteiger partial charge < -0.3 is 4.42 Å². The van der Waals surface area contributed by atoms with Crippen molar-refractivity contribution in [3.63, 3.8) is 0 Å². The van der Waals surface area contributed by atoms with Crippen molar-refractivity contribution in [3.05, 3.63) is 146 Å². The summed E-state index contributed by atoms with van der Waals surface area (Å²) in [4.78, 5) is 19.8. The lowest BCUT2D eigenvalue weighted by Crippen LogP contribution is -2.00. The molecule has 0 spiro atoms. The highest BCUT2D eigenvalue weighted by molar-refractivity contribution is 7.22. The minimum absolute atomic E-state index is 0.566. The molecular weight excluding hydrogens is 585 g/mol. The number of furan rings is 1. The van der Waals surface area contributed by atoms with Crippen LogP contribution in [-0.2, 0) is 0 Å². The van der Waals surface area contributed by atoms with E-state index in [-0.39, 0.29) is 0 Å². The Hall–Kier alpha value is -5.98. The molecule has 46 heavy (non-hydrogen) atoms. The molecule has 9 rings (SSSR count). The third-order valence-corrected chi connectivity index (χ3v) is 9.34. The number of hydrogen-bond acceptors (Lipinski definition) is 6. The van der Waals surface area contributed by atoms with Crippen LogP contribution in [0.1, 0.15) is 0 Å². The first-order chi connectivity index (χ1) is 22.8. The first kappa shape index (κ1) is 26.4. The van der Waals surface area contributed by atoms with E-state index in [1.807, 2.05) is 91.0 Å². The molecule has 0 unspecified atom stereocenters. The van der Waals surface area contributed by atoms with Gasteiger partial charge in [0.05, 0.1) is 15.8 Å². The van der Waals surface area contributed by atoms with Crippen LogP contribution in [0, 0.1) is 0 Å². The number of nitrogens with zero attached hydrogens (tertiary/aromatic N) is 4. The van der Waals surface area contributed by atoms with Gasteiger partial charge in [-0.3, -0.25) is 0 Å². The monoisotopic (exact) mass is 608 g/mol. The molecule has 0 aliphatic heterocycles. The van der Waals surface area contributed by atoms with Gasteiger partial charge in [-0.25, -0.2) is 19.9 Å². The number of thiazole rings is 1. The normalized spacial score (nSPS) is 11.5. The SMILES string of the molecule is c1ccc(-c2nc(-c3ccccc3)nc(-c3cccc4c3oc3c(-c5cccc6nc(-c7ccccc7)sc56)cccc34)n2)cc1. The van der Waals surface area contributed by atoms with Crippen molar-refractivity contribution < 1.29 is 4.42 Å². The summed E-state index contributed by atoms with van der Waals surface area (Å²) in [6.07, 6.45) is 0. The Balaban J connectivity index is 1.25. The number of fused-ring (bicyclic) bond motifs is 4. The summed E-state index contributed by atoms with van der Waals surface area (Å²) >= 11 is 1.71. The molecule has 0 amide bonds. The highest BCUT2D eigenvalue weighted by Gasteiger charge is 2.20. The fraction of sp³-hybridized carbons (Fsp3) is 0. The fourth-order valence-corrected chi connectivity index (χ4v) is 7.10. The second-order valence-corrected chi connectivity index (χ2v) is 12.0. The van der Waals surface area contributed by atoms with Crippen LogP contribution in [0.4, 0.5) is 0 Å². The lowest BCUT2D eigenvalue weighted by molar-refractivity contribution is 0.670. The van der Waals surface area contributed by atoms with Gasteiger partial charge in [0, 0.05) is 38.6 Å². The van der Waals surface area contributed by atoms with E-state index >= 15 is 0 Å². The van der Waals surface area contributed by atoms with Gasteiger partial charge in [-0.1, -0.05) is 133 Å². The summed E-state index contributed by atoms with van der Waals surface area (Å²) in [6, 6.07) is 49.2. The Morgan fingerprint density at radius 3 is 1.52 bits per heavy atom. The van der Waals surface area contributed by atoms with Crippen LogP contribution >= 0.6 is 11.3 Å². The Kier molecular flexibility index (Phi) is 6.25. The van der Waals surface area contributed by atoms with Crippen LogP contribution in [0.5, 0.6) is 0 Å². The van der Waals surface area contributed by atoms with Gasteiger partial charge in [0.15, 0.2) is 17.5 Å². The summed E-state index contributed by atoms with van der Waals surface area (Å²) in [5.74, 6) is 1.80. The van der Waals surface area contributed by atoms with E-state index in [2.05, 4.69) is 54.6 Å². The highest BCUT2D eigenvalue weighted by Crippen LogP contribution is 2.43. The smallest absolute Gasteiger partial charge is 0.167 e. The molecular formula is C40H24N4OS. The molecule has 0 N–H and O–H groups in total. The molecule has 3 heterocycles. The molecule has 0 aliphatic carbocycles. The van der Waals surface area contributed by atoms with E-state index in [4.69, 9.17) is 24.4 Å². The lowest BCUT2D eigenvalue weighted by atomic mass is 10.0. The Morgan fingerprint density at radius 2 is 0.891 bits per heavy atom. The van der Waals surface area contributed by atoms with E-state index in [9.17, 15) is 0 Å². The second kappa shape index (κ2) is 10.9. The molecule has 5 nitrogen and oxygen atoms in total. The lowest BCUT2D eigenvalue weighted by Gasteiger charge is -2.08. The van der Waals surface area contributed by atoms with Gasteiger partial charge in [0.1, 0.15) is 16.2 Å². The van der Waals surface area contributed by atoms with Crippen LogP contribution < -0.4 is 0 Å². The molecule has 0 saturated carbocycles. The standard InChI is InChI=1S/C40H24N4OS/c1-4-13-25(14-5-1)37-42-38(26-15-6-2-7-16-26)44-39(43-37)32-23-11-20-29-28-19-10-21-30(34(28)45-35(29)32)31-22-12-24-33-36(31)46-40(41-33)27-17-8-3-9-18-27/h1-24H. The van der Waals surface area contributed by atoms with Gasteiger partial charge in [-0.2, -0.15) is 0 Å². The average molecular weight is 609 g/mol. The van der Waals surface area contributed by atoms with Crippen LogP contribution in [0.2, 0.25) is 0 Å². The molecule has 0 aliphatic rings. The van der Waals surface area contributed by atoms with Gasteiger partial charge in [-0.05, 0) is 12.1 Å². The Labute approximate surface area is 268 Å². The predicted octanol–water partition coefficient (Wildman–Crippen LogP) is 10.7. The van der Waals surface area contributed by atoms with Crippen LogP contribution in [0.3, 0.4) is 0 Å². The Bertz CT molecular complexity index is 2470. The molecule has 0 saturated heterocycles. The van der Waals surface area contributed by atoms with Crippen LogP contribution in [0.25, 0.3) is 88.0 Å². The molecule has 0 fully saturated rings. The van der Waals surface area contributed by atoms with Crippen molar-refractivity contribution in [1.82, 2.24) is 19.9 Å². The zero-order valence-electron chi connectivity index (χ0n) is 24.5. The third kappa shape index (κ3) is 4.47. The molecule has 216 valence electrons. The quantitative estimate of drug-likeness (QED) is 0.194. The minimum atomic E-state index is 0.566. The molecule has 0 radical (unpaired) electrons. The van der Waals surface area contributed by atoms with E-state index in [0.29, 0.717) is 17.5 Å². The van der Waals surface area contributed by atoms with Crippen molar-refractivity contribution >= 4 is 43.5 Å². The van der Waals surface area contributed by atoms with Crippen molar-refractivity contribution in [2.75, 3.05) is 0 Å². The summed E-state index contributed by atoms with van der Waals surface area (Å²) in [5, 5.41) is 3.05. The van der Waals surface area contributed by atoms with Crippen molar-refractivity contribution in [3.8, 4) is 55.9 Å². The highest BCUT2D eigenvalue weighted by atomic mass is 32.1. The second-order valence-electron chi connectivity index (χ2n) is 11.0. The molecule has 6 aromatic carbocycles. The van der Waals surface area contributed by atoms with E-state index in [1.54, 1.807) is 11.3 Å². The van der Waals surface area contributed by atoms with Gasteiger partial charge >= 0.3 is 0 Å². The van der Waals surface area contributed by atoms with Crippen molar-refractivity contribution in [1.29, 1.82) is 0 Å². The zero-order valence-corrected chi connectivity index (χ0v) is 25.3. The molecule has 0 bridgehead atoms. The van der Waals surface area contributed by atoms with Gasteiger partial charge in [0.25, 0.3) is 0 Å². The average Bonchev–Trinajstić information content (AvgIpc) is 3.75. The minimum Gasteiger partial charge on any atom is -0.455 e. The predicted molar refractivity (Wildman–Crippen MR) is 187 cm³/mol.